The molecule has 3 nitrogen and oxygen atoms in total. The molecule has 3 rings (SSSR count). The van der Waals surface area contributed by atoms with Gasteiger partial charge in [0, 0.05) is 13.1 Å². The van der Waals surface area contributed by atoms with Crippen molar-refractivity contribution < 1.29 is 9.47 Å². The Kier molecular flexibility index (Phi) is 5.00. The molecule has 21 heavy (non-hydrogen) atoms. The summed E-state index contributed by atoms with van der Waals surface area (Å²) in [6.07, 6.45) is 0.149. The normalized spacial score (nSPS) is 22.1. The zero-order valence-corrected chi connectivity index (χ0v) is 12.1. The Hall–Kier alpha value is -1.68. The molecule has 110 valence electrons. The van der Waals surface area contributed by atoms with Crippen molar-refractivity contribution in [2.75, 3.05) is 19.8 Å². The van der Waals surface area contributed by atoms with Gasteiger partial charge < -0.3 is 14.8 Å². The lowest BCUT2D eigenvalue weighted by Gasteiger charge is -2.30. The SMILES string of the molecule is c1ccc(CNC[C@@H]2COC[C@H](c3ccccc3)O2)cc1. The smallest absolute Gasteiger partial charge is 0.106 e. The van der Waals surface area contributed by atoms with Crippen LogP contribution < -0.4 is 5.32 Å². The number of nitrogens with one attached hydrogen (secondary N) is 1. The molecule has 0 bridgehead atoms. The number of hydrogen-bond donors (Lipinski definition) is 1. The summed E-state index contributed by atoms with van der Waals surface area (Å²) in [5.74, 6) is 0. The van der Waals surface area contributed by atoms with Gasteiger partial charge in [0.2, 0.25) is 0 Å². The second-order valence-corrected chi connectivity index (χ2v) is 5.31. The third-order valence-corrected chi connectivity index (χ3v) is 3.65. The fraction of sp³-hybridized carbons (Fsp3) is 0.333. The summed E-state index contributed by atoms with van der Waals surface area (Å²) >= 11 is 0. The van der Waals surface area contributed by atoms with E-state index in [1.54, 1.807) is 0 Å². The second kappa shape index (κ2) is 7.36. The maximum atomic E-state index is 6.12. The first-order valence-electron chi connectivity index (χ1n) is 7.44. The van der Waals surface area contributed by atoms with Crippen LogP contribution in [0.15, 0.2) is 60.7 Å². The van der Waals surface area contributed by atoms with E-state index in [9.17, 15) is 0 Å². The second-order valence-electron chi connectivity index (χ2n) is 5.31. The van der Waals surface area contributed by atoms with Crippen LogP contribution in [0, 0.1) is 0 Å². The van der Waals surface area contributed by atoms with E-state index >= 15 is 0 Å². The van der Waals surface area contributed by atoms with Gasteiger partial charge in [0.15, 0.2) is 0 Å². The molecule has 1 aliphatic rings. The Morgan fingerprint density at radius 3 is 2.38 bits per heavy atom. The third-order valence-electron chi connectivity index (χ3n) is 3.65. The van der Waals surface area contributed by atoms with E-state index in [2.05, 4.69) is 41.7 Å². The van der Waals surface area contributed by atoms with Crippen LogP contribution in [0.5, 0.6) is 0 Å². The highest BCUT2D eigenvalue weighted by Gasteiger charge is 2.23. The minimum atomic E-state index is 0.0449. The highest BCUT2D eigenvalue weighted by atomic mass is 16.6. The van der Waals surface area contributed by atoms with Gasteiger partial charge in [0.25, 0.3) is 0 Å². The first kappa shape index (κ1) is 14.3. The average molecular weight is 283 g/mol. The molecule has 2 atom stereocenters. The monoisotopic (exact) mass is 283 g/mol. The molecular weight excluding hydrogens is 262 g/mol. The molecule has 0 amide bonds. The summed E-state index contributed by atoms with van der Waals surface area (Å²) in [4.78, 5) is 0. The van der Waals surface area contributed by atoms with Crippen molar-refractivity contribution in [3.8, 4) is 0 Å². The van der Waals surface area contributed by atoms with E-state index in [0.29, 0.717) is 13.2 Å². The van der Waals surface area contributed by atoms with Crippen LogP contribution in [0.4, 0.5) is 0 Å². The molecule has 1 N–H and O–H groups in total. The molecule has 2 aromatic rings. The lowest BCUT2D eigenvalue weighted by Crippen LogP contribution is -2.38. The van der Waals surface area contributed by atoms with Crippen LogP contribution in [0.2, 0.25) is 0 Å². The summed E-state index contributed by atoms with van der Waals surface area (Å²) in [7, 11) is 0. The summed E-state index contributed by atoms with van der Waals surface area (Å²) < 4.78 is 11.8. The Morgan fingerprint density at radius 1 is 0.905 bits per heavy atom. The standard InChI is InChI=1S/C18H21NO2/c1-3-7-15(8-4-1)11-19-12-17-13-20-14-18(21-17)16-9-5-2-6-10-16/h1-10,17-19H,11-14H2/t17-,18-/m1/s1. The predicted molar refractivity (Wildman–Crippen MR) is 83.0 cm³/mol. The molecule has 0 unspecified atom stereocenters. The molecular formula is C18H21NO2. The molecule has 1 heterocycles. The topological polar surface area (TPSA) is 30.5 Å². The number of benzene rings is 2. The maximum Gasteiger partial charge on any atom is 0.106 e. The zero-order chi connectivity index (χ0) is 14.3. The number of hydrogen-bond acceptors (Lipinski definition) is 3. The van der Waals surface area contributed by atoms with E-state index in [1.807, 2.05) is 24.3 Å². The molecule has 0 spiro atoms. The van der Waals surface area contributed by atoms with Crippen molar-refractivity contribution in [1.29, 1.82) is 0 Å². The summed E-state index contributed by atoms with van der Waals surface area (Å²) in [6.45, 7) is 2.96. The molecule has 1 aliphatic heterocycles. The average Bonchev–Trinajstić information content (AvgIpc) is 2.57. The summed E-state index contributed by atoms with van der Waals surface area (Å²) in [6, 6.07) is 20.7. The van der Waals surface area contributed by atoms with Crippen LogP contribution in [0.1, 0.15) is 17.2 Å². The van der Waals surface area contributed by atoms with Gasteiger partial charge in [0.1, 0.15) is 6.10 Å². The van der Waals surface area contributed by atoms with E-state index in [0.717, 1.165) is 13.1 Å². The Morgan fingerprint density at radius 2 is 1.62 bits per heavy atom. The van der Waals surface area contributed by atoms with Crippen molar-refractivity contribution in [2.24, 2.45) is 0 Å². The van der Waals surface area contributed by atoms with Gasteiger partial charge in [-0.15, -0.1) is 0 Å². The van der Waals surface area contributed by atoms with Crippen LogP contribution >= 0.6 is 0 Å². The van der Waals surface area contributed by atoms with Gasteiger partial charge in [-0.25, -0.2) is 0 Å². The molecule has 3 heteroatoms. The van der Waals surface area contributed by atoms with E-state index < -0.39 is 0 Å². The maximum absolute atomic E-state index is 6.12. The van der Waals surface area contributed by atoms with Crippen LogP contribution in [-0.2, 0) is 16.0 Å². The highest BCUT2D eigenvalue weighted by molar-refractivity contribution is 5.18. The van der Waals surface area contributed by atoms with Crippen LogP contribution in [0.3, 0.4) is 0 Å². The fourth-order valence-electron chi connectivity index (χ4n) is 2.54. The minimum absolute atomic E-state index is 0.0449. The largest absolute Gasteiger partial charge is 0.376 e. The van der Waals surface area contributed by atoms with Gasteiger partial charge in [-0.3, -0.25) is 0 Å². The lowest BCUT2D eigenvalue weighted by atomic mass is 10.1. The van der Waals surface area contributed by atoms with E-state index in [1.165, 1.54) is 11.1 Å². The predicted octanol–water partition coefficient (Wildman–Crippen LogP) is 2.93. The summed E-state index contributed by atoms with van der Waals surface area (Å²) in [5, 5.41) is 3.44. The van der Waals surface area contributed by atoms with Crippen molar-refractivity contribution in [3.63, 3.8) is 0 Å². The Bertz CT molecular complexity index is 529. The molecule has 1 saturated heterocycles. The van der Waals surface area contributed by atoms with Crippen LogP contribution in [-0.4, -0.2) is 25.9 Å². The van der Waals surface area contributed by atoms with E-state index in [4.69, 9.17) is 9.47 Å². The quantitative estimate of drug-likeness (QED) is 0.915. The number of ether oxygens (including phenoxy) is 2. The first-order valence-corrected chi connectivity index (χ1v) is 7.44. The Balaban J connectivity index is 1.48. The highest BCUT2D eigenvalue weighted by Crippen LogP contribution is 2.23. The van der Waals surface area contributed by atoms with Crippen molar-refractivity contribution in [2.45, 2.75) is 18.8 Å². The van der Waals surface area contributed by atoms with E-state index in [-0.39, 0.29) is 12.2 Å². The minimum Gasteiger partial charge on any atom is -0.376 e. The van der Waals surface area contributed by atoms with Crippen molar-refractivity contribution in [3.05, 3.63) is 71.8 Å². The molecule has 0 saturated carbocycles. The molecule has 1 fully saturated rings. The van der Waals surface area contributed by atoms with Gasteiger partial charge in [-0.1, -0.05) is 60.7 Å². The van der Waals surface area contributed by atoms with Gasteiger partial charge in [0.05, 0.1) is 19.3 Å². The van der Waals surface area contributed by atoms with Gasteiger partial charge in [-0.05, 0) is 11.1 Å². The first-order chi connectivity index (χ1) is 10.4. The molecule has 0 radical (unpaired) electrons. The molecule has 2 aromatic carbocycles. The number of rotatable bonds is 5. The third kappa shape index (κ3) is 4.14. The van der Waals surface area contributed by atoms with Crippen molar-refractivity contribution >= 4 is 0 Å². The van der Waals surface area contributed by atoms with Gasteiger partial charge in [-0.2, -0.15) is 0 Å². The van der Waals surface area contributed by atoms with Gasteiger partial charge >= 0.3 is 0 Å². The molecule has 0 aromatic heterocycles. The Labute approximate surface area is 125 Å². The molecule has 0 aliphatic carbocycles. The zero-order valence-electron chi connectivity index (χ0n) is 12.1. The van der Waals surface area contributed by atoms with Crippen LogP contribution in [0.25, 0.3) is 0 Å². The lowest BCUT2D eigenvalue weighted by molar-refractivity contribution is -0.138. The van der Waals surface area contributed by atoms with Crippen molar-refractivity contribution in [1.82, 2.24) is 5.32 Å². The summed E-state index contributed by atoms with van der Waals surface area (Å²) in [5.41, 5.74) is 2.47. The fourth-order valence-corrected chi connectivity index (χ4v) is 2.54.